The number of carbonyl (C=O) groups excluding carboxylic acids is 3. The first kappa shape index (κ1) is 22.4. The number of para-hydroxylation sites is 1. The maximum Gasteiger partial charge on any atom is 0.440 e. The summed E-state index contributed by atoms with van der Waals surface area (Å²) in [5.41, 5.74) is -6.40. The number of nitrogens with zero attached hydrogens (tertiary/aromatic N) is 1. The van der Waals surface area contributed by atoms with Crippen LogP contribution in [0, 0.1) is 0 Å². The summed E-state index contributed by atoms with van der Waals surface area (Å²) >= 11 is 5.86. The van der Waals surface area contributed by atoms with Crippen LogP contribution in [-0.4, -0.2) is 29.7 Å². The zero-order valence-electron chi connectivity index (χ0n) is 14.9. The fourth-order valence-electron chi connectivity index (χ4n) is 2.81. The smallest absolute Gasteiger partial charge is 0.314 e. The zero-order valence-corrected chi connectivity index (χ0v) is 15.7. The average Bonchev–Trinajstić information content (AvgIpc) is 2.92. The molecule has 0 spiro atoms. The second-order valence-corrected chi connectivity index (χ2v) is 6.71. The molecule has 0 radical (unpaired) electrons. The van der Waals surface area contributed by atoms with Gasteiger partial charge in [0.05, 0.1) is 16.3 Å². The van der Waals surface area contributed by atoms with Gasteiger partial charge in [0.25, 0.3) is 17.5 Å². The highest BCUT2D eigenvalue weighted by Crippen LogP contribution is 2.38. The number of nitrogens with one attached hydrogen (secondary N) is 2. The van der Waals surface area contributed by atoms with Crippen LogP contribution < -0.4 is 15.5 Å². The number of urea groups is 1. The molecule has 0 bridgehead atoms. The van der Waals surface area contributed by atoms with Gasteiger partial charge in [-0.3, -0.25) is 14.9 Å². The molecule has 3 rings (SSSR count). The molecule has 1 atom stereocenters. The molecule has 4 amide bonds. The topological polar surface area (TPSA) is 78.5 Å². The van der Waals surface area contributed by atoms with Crippen molar-refractivity contribution in [2.24, 2.45) is 0 Å². The van der Waals surface area contributed by atoms with Crippen LogP contribution in [0.2, 0.25) is 5.02 Å². The minimum absolute atomic E-state index is 0.0856. The lowest BCUT2D eigenvalue weighted by Crippen LogP contribution is -2.69. The van der Waals surface area contributed by atoms with E-state index in [0.717, 1.165) is 18.2 Å². The molecule has 0 aliphatic carbocycles. The Morgan fingerprint density at radius 3 is 2.23 bits per heavy atom. The van der Waals surface area contributed by atoms with Crippen LogP contribution in [-0.2, 0) is 11.0 Å². The van der Waals surface area contributed by atoms with Crippen molar-refractivity contribution in [3.8, 4) is 0 Å². The van der Waals surface area contributed by atoms with Crippen molar-refractivity contribution in [1.29, 1.82) is 0 Å². The number of alkyl halides is 6. The van der Waals surface area contributed by atoms with Gasteiger partial charge >= 0.3 is 18.4 Å². The monoisotopic (exact) mass is 465 g/mol. The molecular weight excluding hydrogens is 456 g/mol. The number of imide groups is 1. The molecule has 13 heteroatoms. The second kappa shape index (κ2) is 7.45. The SMILES string of the molecule is O=C(N[C@]1(C(F)(F)F)NC(=O)N(c2ccccc2Cl)C1=O)c1cccc(C(F)(F)F)c1. The van der Waals surface area contributed by atoms with Crippen LogP contribution in [0.5, 0.6) is 0 Å². The van der Waals surface area contributed by atoms with Crippen molar-refractivity contribution in [2.45, 2.75) is 18.0 Å². The van der Waals surface area contributed by atoms with E-state index in [9.17, 15) is 40.7 Å². The van der Waals surface area contributed by atoms with Crippen molar-refractivity contribution in [3.05, 3.63) is 64.7 Å². The Kier molecular flexibility index (Phi) is 5.38. The van der Waals surface area contributed by atoms with Gasteiger partial charge in [-0.25, -0.2) is 9.69 Å². The lowest BCUT2D eigenvalue weighted by atomic mass is 10.1. The number of rotatable bonds is 3. The summed E-state index contributed by atoms with van der Waals surface area (Å²) in [5.74, 6) is -3.60. The third-order valence-corrected chi connectivity index (χ3v) is 4.61. The number of amides is 4. The van der Waals surface area contributed by atoms with E-state index in [-0.39, 0.29) is 15.6 Å². The van der Waals surface area contributed by atoms with Crippen molar-refractivity contribution in [2.75, 3.05) is 4.90 Å². The van der Waals surface area contributed by atoms with E-state index in [2.05, 4.69) is 0 Å². The third kappa shape index (κ3) is 3.90. The van der Waals surface area contributed by atoms with E-state index >= 15 is 0 Å². The molecule has 1 heterocycles. The van der Waals surface area contributed by atoms with Crippen LogP contribution in [0.3, 0.4) is 0 Å². The maximum absolute atomic E-state index is 13.9. The standard InChI is InChI=1S/C18H10ClF6N3O3/c19-11-6-1-2-7-12(11)28-14(30)16(18(23,24)25,27-15(28)31)26-13(29)9-4-3-5-10(8-9)17(20,21)22/h1-8H,(H,26,29)(H,27,31)/t16-/m0/s1. The Balaban J connectivity index is 2.02. The lowest BCUT2D eigenvalue weighted by Gasteiger charge is -2.30. The van der Waals surface area contributed by atoms with Crippen LogP contribution in [0.25, 0.3) is 0 Å². The highest BCUT2D eigenvalue weighted by molar-refractivity contribution is 6.36. The molecule has 1 saturated heterocycles. The van der Waals surface area contributed by atoms with Crippen LogP contribution in [0.15, 0.2) is 48.5 Å². The van der Waals surface area contributed by atoms with Gasteiger partial charge in [0.1, 0.15) is 0 Å². The lowest BCUT2D eigenvalue weighted by molar-refractivity contribution is -0.197. The molecule has 1 fully saturated rings. The Bertz CT molecular complexity index is 1070. The van der Waals surface area contributed by atoms with Gasteiger partial charge in [-0.05, 0) is 30.3 Å². The molecule has 2 N–H and O–H groups in total. The fourth-order valence-corrected chi connectivity index (χ4v) is 3.03. The molecule has 2 aromatic rings. The Hall–Kier alpha value is -3.28. The first-order chi connectivity index (χ1) is 14.3. The predicted octanol–water partition coefficient (Wildman–Crippen LogP) is 4.10. The molecule has 1 aliphatic heterocycles. The molecule has 0 aromatic heterocycles. The average molecular weight is 466 g/mol. The molecule has 6 nitrogen and oxygen atoms in total. The van der Waals surface area contributed by atoms with E-state index in [1.807, 2.05) is 0 Å². The maximum atomic E-state index is 13.9. The van der Waals surface area contributed by atoms with E-state index < -0.39 is 47.0 Å². The number of halogens is 7. The largest absolute Gasteiger partial charge is 0.440 e. The van der Waals surface area contributed by atoms with Crippen LogP contribution >= 0.6 is 11.6 Å². The summed E-state index contributed by atoms with van der Waals surface area (Å²) in [7, 11) is 0. The predicted molar refractivity (Wildman–Crippen MR) is 95.2 cm³/mol. The normalized spacial score (nSPS) is 19.4. The second-order valence-electron chi connectivity index (χ2n) is 6.30. The van der Waals surface area contributed by atoms with Crippen LogP contribution in [0.4, 0.5) is 36.8 Å². The van der Waals surface area contributed by atoms with Gasteiger partial charge in [-0.1, -0.05) is 29.8 Å². The molecular formula is C18H10ClF6N3O3. The van der Waals surface area contributed by atoms with E-state index in [4.69, 9.17) is 11.6 Å². The highest BCUT2D eigenvalue weighted by atomic mass is 35.5. The van der Waals surface area contributed by atoms with Gasteiger partial charge in [0, 0.05) is 5.56 Å². The number of benzene rings is 2. The minimum atomic E-state index is -5.55. The van der Waals surface area contributed by atoms with E-state index in [0.29, 0.717) is 12.1 Å². The summed E-state index contributed by atoms with van der Waals surface area (Å²) < 4.78 is 80.2. The first-order valence-electron chi connectivity index (χ1n) is 8.25. The quantitative estimate of drug-likeness (QED) is 0.529. The Labute approximate surface area is 174 Å². The van der Waals surface area contributed by atoms with Gasteiger partial charge in [-0.2, -0.15) is 26.3 Å². The van der Waals surface area contributed by atoms with Gasteiger partial charge in [0.2, 0.25) is 0 Å². The van der Waals surface area contributed by atoms with Crippen molar-refractivity contribution >= 4 is 35.1 Å². The molecule has 1 aliphatic rings. The Morgan fingerprint density at radius 1 is 1.00 bits per heavy atom. The van der Waals surface area contributed by atoms with Crippen molar-refractivity contribution in [1.82, 2.24) is 10.6 Å². The van der Waals surface area contributed by atoms with Gasteiger partial charge in [0.15, 0.2) is 0 Å². The molecule has 0 saturated carbocycles. The van der Waals surface area contributed by atoms with Crippen molar-refractivity contribution in [3.63, 3.8) is 0 Å². The summed E-state index contributed by atoms with van der Waals surface area (Å²) in [6.45, 7) is 0. The highest BCUT2D eigenvalue weighted by Gasteiger charge is 2.69. The zero-order chi connectivity index (χ0) is 23.2. The number of hydrogen-bond acceptors (Lipinski definition) is 3. The third-order valence-electron chi connectivity index (χ3n) is 4.29. The summed E-state index contributed by atoms with van der Waals surface area (Å²) in [5, 5.41) is 2.48. The molecule has 164 valence electrons. The van der Waals surface area contributed by atoms with Gasteiger partial charge in [-0.15, -0.1) is 0 Å². The van der Waals surface area contributed by atoms with Crippen molar-refractivity contribution < 1.29 is 40.7 Å². The minimum Gasteiger partial charge on any atom is -0.314 e. The molecule has 31 heavy (non-hydrogen) atoms. The van der Waals surface area contributed by atoms with E-state index in [1.54, 1.807) is 0 Å². The number of anilines is 1. The van der Waals surface area contributed by atoms with E-state index in [1.165, 1.54) is 28.8 Å². The number of carbonyl (C=O) groups is 3. The number of hydrogen-bond donors (Lipinski definition) is 2. The summed E-state index contributed by atoms with van der Waals surface area (Å²) in [6, 6.07) is 6.02. The Morgan fingerprint density at radius 2 is 1.65 bits per heavy atom. The van der Waals surface area contributed by atoms with Crippen LogP contribution in [0.1, 0.15) is 15.9 Å². The first-order valence-corrected chi connectivity index (χ1v) is 8.63. The molecule has 2 aromatic carbocycles. The summed E-state index contributed by atoms with van der Waals surface area (Å²) in [4.78, 5) is 37.4. The fraction of sp³-hybridized carbons (Fsp3) is 0.167. The molecule has 0 unspecified atom stereocenters. The van der Waals surface area contributed by atoms with Gasteiger partial charge < -0.3 is 5.32 Å². The summed E-state index contributed by atoms with van der Waals surface area (Å²) in [6.07, 6.45) is -10.4.